The van der Waals surface area contributed by atoms with E-state index in [0.717, 1.165) is 36.2 Å². The molecule has 1 saturated heterocycles. The van der Waals surface area contributed by atoms with Gasteiger partial charge in [-0.2, -0.15) is 9.40 Å². The highest BCUT2D eigenvalue weighted by Crippen LogP contribution is 2.23. The van der Waals surface area contributed by atoms with Gasteiger partial charge in [0.25, 0.3) is 0 Å². The lowest BCUT2D eigenvalue weighted by Crippen LogP contribution is -2.46. The second kappa shape index (κ2) is 10.6. The summed E-state index contributed by atoms with van der Waals surface area (Å²) in [5.41, 5.74) is 2.55. The second-order valence-corrected chi connectivity index (χ2v) is 10.5. The van der Waals surface area contributed by atoms with Crippen molar-refractivity contribution in [1.82, 2.24) is 19.4 Å². The second-order valence-electron chi connectivity index (χ2n) is 8.20. The molecule has 1 fully saturated rings. The Balaban J connectivity index is 1.55. The number of piperidine rings is 1. The van der Waals surface area contributed by atoms with Gasteiger partial charge in [0.05, 0.1) is 10.6 Å². The average molecular weight is 479 g/mol. The SMILES string of the molecule is CCCCn1nc(C)c(/C=C/C(=O)NC2CCN(S(=O)(=O)c3ccc(C)cc3)CC2)c1Cl. The number of rotatable bonds is 8. The first kappa shape index (κ1) is 24.5. The molecular weight excluding hydrogens is 448 g/mol. The lowest BCUT2D eigenvalue weighted by molar-refractivity contribution is -0.117. The maximum absolute atomic E-state index is 12.8. The van der Waals surface area contributed by atoms with Crippen molar-refractivity contribution < 1.29 is 13.2 Å². The first-order chi connectivity index (χ1) is 15.2. The molecule has 2 aromatic rings. The van der Waals surface area contributed by atoms with Crippen molar-refractivity contribution >= 4 is 33.6 Å². The van der Waals surface area contributed by atoms with Crippen LogP contribution in [0.1, 0.15) is 49.4 Å². The first-order valence-electron chi connectivity index (χ1n) is 11.0. The van der Waals surface area contributed by atoms with Crippen molar-refractivity contribution in [1.29, 1.82) is 0 Å². The van der Waals surface area contributed by atoms with Crippen LogP contribution in [0.4, 0.5) is 0 Å². The Morgan fingerprint density at radius 1 is 1.22 bits per heavy atom. The minimum atomic E-state index is -3.51. The third kappa shape index (κ3) is 5.79. The Hall–Kier alpha value is -2.16. The van der Waals surface area contributed by atoms with Gasteiger partial charge in [0.15, 0.2) is 0 Å². The predicted molar refractivity (Wildman–Crippen MR) is 127 cm³/mol. The third-order valence-electron chi connectivity index (χ3n) is 5.69. The van der Waals surface area contributed by atoms with Crippen LogP contribution in [0.25, 0.3) is 6.08 Å². The molecular formula is C23H31ClN4O3S. The van der Waals surface area contributed by atoms with Gasteiger partial charge in [0.2, 0.25) is 15.9 Å². The predicted octanol–water partition coefficient (Wildman–Crippen LogP) is 3.94. The summed E-state index contributed by atoms with van der Waals surface area (Å²) in [6.45, 7) is 7.40. The minimum absolute atomic E-state index is 0.0690. The number of benzene rings is 1. The van der Waals surface area contributed by atoms with Gasteiger partial charge in [0.1, 0.15) is 5.15 Å². The largest absolute Gasteiger partial charge is 0.350 e. The van der Waals surface area contributed by atoms with Gasteiger partial charge in [-0.15, -0.1) is 0 Å². The molecule has 9 heteroatoms. The number of carbonyl (C=O) groups excluding carboxylic acids is 1. The third-order valence-corrected chi connectivity index (χ3v) is 8.00. The highest BCUT2D eigenvalue weighted by Gasteiger charge is 2.29. The highest BCUT2D eigenvalue weighted by atomic mass is 35.5. The summed E-state index contributed by atoms with van der Waals surface area (Å²) in [7, 11) is -3.51. The number of nitrogens with zero attached hydrogens (tertiary/aromatic N) is 3. The van der Waals surface area contributed by atoms with Gasteiger partial charge in [-0.1, -0.05) is 42.6 Å². The number of sulfonamides is 1. The number of aryl methyl sites for hydroxylation is 3. The Labute approximate surface area is 195 Å². The van der Waals surface area contributed by atoms with E-state index in [1.807, 2.05) is 13.8 Å². The Morgan fingerprint density at radius 2 is 1.88 bits per heavy atom. The van der Waals surface area contributed by atoms with Crippen LogP contribution in [0, 0.1) is 13.8 Å². The number of hydrogen-bond donors (Lipinski definition) is 1. The summed E-state index contributed by atoms with van der Waals surface area (Å²) >= 11 is 6.41. The van der Waals surface area contributed by atoms with Crippen molar-refractivity contribution in [2.24, 2.45) is 0 Å². The zero-order valence-electron chi connectivity index (χ0n) is 18.8. The molecule has 0 atom stereocenters. The van der Waals surface area contributed by atoms with Gasteiger partial charge in [-0.25, -0.2) is 8.42 Å². The first-order valence-corrected chi connectivity index (χ1v) is 12.8. The zero-order valence-corrected chi connectivity index (χ0v) is 20.4. The number of carbonyl (C=O) groups is 1. The average Bonchev–Trinajstić information content (AvgIpc) is 3.04. The number of amides is 1. The van der Waals surface area contributed by atoms with Crippen molar-refractivity contribution in [2.45, 2.75) is 63.9 Å². The van der Waals surface area contributed by atoms with E-state index in [4.69, 9.17) is 11.6 Å². The van der Waals surface area contributed by atoms with Gasteiger partial charge < -0.3 is 5.32 Å². The van der Waals surface area contributed by atoms with Gasteiger partial charge >= 0.3 is 0 Å². The van der Waals surface area contributed by atoms with E-state index in [1.54, 1.807) is 35.0 Å². The Bertz CT molecular complexity index is 1070. The van der Waals surface area contributed by atoms with Gasteiger partial charge in [-0.3, -0.25) is 9.48 Å². The van der Waals surface area contributed by atoms with Crippen LogP contribution in [0.5, 0.6) is 0 Å². The molecule has 1 aliphatic heterocycles. The zero-order chi connectivity index (χ0) is 23.3. The van der Waals surface area contributed by atoms with Gasteiger partial charge in [0, 0.05) is 37.3 Å². The highest BCUT2D eigenvalue weighted by molar-refractivity contribution is 7.89. The summed E-state index contributed by atoms with van der Waals surface area (Å²) in [6.07, 6.45) is 6.34. The molecule has 0 radical (unpaired) electrons. The molecule has 1 aromatic carbocycles. The van der Waals surface area contributed by atoms with E-state index in [2.05, 4.69) is 17.3 Å². The standard InChI is InChI=1S/C23H31ClN4O3S/c1-4-5-14-28-23(24)21(18(3)26-28)10-11-22(29)25-19-12-15-27(16-13-19)32(30,31)20-8-6-17(2)7-9-20/h6-11,19H,4-5,12-16H2,1-3H3,(H,25,29)/b11-10+. The monoisotopic (exact) mass is 478 g/mol. The molecule has 1 N–H and O–H groups in total. The molecule has 1 amide bonds. The van der Waals surface area contributed by atoms with E-state index in [0.29, 0.717) is 36.0 Å². The molecule has 174 valence electrons. The molecule has 0 bridgehead atoms. The molecule has 0 saturated carbocycles. The number of aromatic nitrogens is 2. The van der Waals surface area contributed by atoms with Gasteiger partial charge in [-0.05, 0) is 51.3 Å². The molecule has 2 heterocycles. The summed E-state index contributed by atoms with van der Waals surface area (Å²) in [5.74, 6) is -0.221. The van der Waals surface area contributed by atoms with E-state index < -0.39 is 10.0 Å². The normalized spacial score (nSPS) is 16.0. The van der Waals surface area contributed by atoms with E-state index >= 15 is 0 Å². The summed E-state index contributed by atoms with van der Waals surface area (Å²) in [6, 6.07) is 6.81. The quantitative estimate of drug-likeness (QED) is 0.582. The Kier molecular flexibility index (Phi) is 8.14. The van der Waals surface area contributed by atoms with Crippen molar-refractivity contribution in [3.63, 3.8) is 0 Å². The van der Waals surface area contributed by atoms with Crippen LogP contribution in [-0.4, -0.2) is 47.5 Å². The smallest absolute Gasteiger partial charge is 0.244 e. The van der Waals surface area contributed by atoms with E-state index in [9.17, 15) is 13.2 Å². The molecule has 1 aliphatic rings. The maximum Gasteiger partial charge on any atom is 0.244 e. The van der Waals surface area contributed by atoms with E-state index in [-0.39, 0.29) is 11.9 Å². The van der Waals surface area contributed by atoms with Crippen LogP contribution < -0.4 is 5.32 Å². The summed E-state index contributed by atoms with van der Waals surface area (Å²) in [5, 5.41) is 7.95. The fraction of sp³-hybridized carbons (Fsp3) is 0.478. The van der Waals surface area contributed by atoms with Crippen LogP contribution in [0.2, 0.25) is 5.15 Å². The lowest BCUT2D eigenvalue weighted by atomic mass is 10.1. The summed E-state index contributed by atoms with van der Waals surface area (Å²) < 4.78 is 28.9. The Morgan fingerprint density at radius 3 is 2.50 bits per heavy atom. The molecule has 1 aromatic heterocycles. The number of unbranched alkanes of at least 4 members (excludes halogenated alkanes) is 1. The van der Waals surface area contributed by atoms with Crippen LogP contribution in [0.3, 0.4) is 0 Å². The number of nitrogens with one attached hydrogen (secondary N) is 1. The molecule has 3 rings (SSSR count). The molecule has 0 spiro atoms. The van der Waals surface area contributed by atoms with Crippen LogP contribution >= 0.6 is 11.6 Å². The number of hydrogen-bond acceptors (Lipinski definition) is 4. The van der Waals surface area contributed by atoms with Crippen LogP contribution in [-0.2, 0) is 21.4 Å². The van der Waals surface area contributed by atoms with Crippen molar-refractivity contribution in [3.05, 3.63) is 52.3 Å². The molecule has 0 unspecified atom stereocenters. The fourth-order valence-corrected chi connectivity index (χ4v) is 5.51. The molecule has 32 heavy (non-hydrogen) atoms. The molecule has 0 aliphatic carbocycles. The molecule has 7 nitrogen and oxygen atoms in total. The summed E-state index contributed by atoms with van der Waals surface area (Å²) in [4.78, 5) is 12.7. The van der Waals surface area contributed by atoms with Crippen LogP contribution in [0.15, 0.2) is 35.2 Å². The van der Waals surface area contributed by atoms with Crippen molar-refractivity contribution in [3.8, 4) is 0 Å². The van der Waals surface area contributed by atoms with Crippen molar-refractivity contribution in [2.75, 3.05) is 13.1 Å². The lowest BCUT2D eigenvalue weighted by Gasteiger charge is -2.31. The maximum atomic E-state index is 12.8. The minimum Gasteiger partial charge on any atom is -0.350 e. The topological polar surface area (TPSA) is 84.3 Å². The number of halogens is 1. The fourth-order valence-electron chi connectivity index (χ4n) is 3.72. The van der Waals surface area contributed by atoms with E-state index in [1.165, 1.54) is 10.4 Å².